The van der Waals surface area contributed by atoms with Crippen molar-refractivity contribution in [2.24, 2.45) is 5.41 Å². The lowest BCUT2D eigenvalue weighted by Crippen LogP contribution is -2.49. The first-order valence-corrected chi connectivity index (χ1v) is 8.08. The van der Waals surface area contributed by atoms with Gasteiger partial charge in [0.1, 0.15) is 0 Å². The third-order valence-corrected chi connectivity index (χ3v) is 5.12. The SMILES string of the molecule is Cc1cccc(CNC2C(=O)NCC23CCOCC3)c1C(F)(F)F. The van der Waals surface area contributed by atoms with Crippen LogP contribution in [0.4, 0.5) is 13.2 Å². The topological polar surface area (TPSA) is 50.4 Å². The van der Waals surface area contributed by atoms with Gasteiger partial charge in [-0.1, -0.05) is 18.2 Å². The van der Waals surface area contributed by atoms with Crippen LogP contribution >= 0.6 is 0 Å². The molecule has 0 radical (unpaired) electrons. The number of alkyl halides is 3. The molecule has 1 spiro atoms. The number of aryl methyl sites for hydroxylation is 1. The van der Waals surface area contributed by atoms with Crippen LogP contribution in [0.2, 0.25) is 0 Å². The van der Waals surface area contributed by atoms with E-state index < -0.39 is 17.8 Å². The van der Waals surface area contributed by atoms with E-state index >= 15 is 0 Å². The summed E-state index contributed by atoms with van der Waals surface area (Å²) in [5, 5.41) is 5.92. The summed E-state index contributed by atoms with van der Waals surface area (Å²) in [5.74, 6) is -0.141. The number of carbonyl (C=O) groups excluding carboxylic acids is 1. The van der Waals surface area contributed by atoms with Gasteiger partial charge in [0.15, 0.2) is 0 Å². The molecule has 2 saturated heterocycles. The largest absolute Gasteiger partial charge is 0.416 e. The van der Waals surface area contributed by atoms with E-state index in [-0.39, 0.29) is 29.0 Å². The Kier molecular flexibility index (Phi) is 4.57. The van der Waals surface area contributed by atoms with Crippen molar-refractivity contribution in [3.8, 4) is 0 Å². The number of benzene rings is 1. The highest BCUT2D eigenvalue weighted by Gasteiger charge is 2.48. The molecule has 3 rings (SSSR count). The van der Waals surface area contributed by atoms with Crippen LogP contribution in [-0.2, 0) is 22.3 Å². The minimum absolute atomic E-state index is 0.0111. The van der Waals surface area contributed by atoms with Gasteiger partial charge in [-0.25, -0.2) is 0 Å². The third-order valence-electron chi connectivity index (χ3n) is 5.12. The van der Waals surface area contributed by atoms with Crippen molar-refractivity contribution >= 4 is 5.91 Å². The molecule has 7 heteroatoms. The fraction of sp³-hybridized carbons (Fsp3) is 0.588. The van der Waals surface area contributed by atoms with Crippen molar-refractivity contribution in [2.45, 2.75) is 38.5 Å². The van der Waals surface area contributed by atoms with E-state index in [0.717, 1.165) is 12.8 Å². The van der Waals surface area contributed by atoms with E-state index in [0.29, 0.717) is 19.8 Å². The fourth-order valence-electron chi connectivity index (χ4n) is 3.79. The highest BCUT2D eigenvalue weighted by Crippen LogP contribution is 2.38. The van der Waals surface area contributed by atoms with Crippen LogP contribution < -0.4 is 10.6 Å². The molecule has 24 heavy (non-hydrogen) atoms. The smallest absolute Gasteiger partial charge is 0.381 e. The maximum atomic E-state index is 13.3. The zero-order chi connectivity index (χ0) is 17.4. The van der Waals surface area contributed by atoms with Gasteiger partial charge in [-0.2, -0.15) is 13.2 Å². The quantitative estimate of drug-likeness (QED) is 0.887. The first-order valence-electron chi connectivity index (χ1n) is 8.08. The summed E-state index contributed by atoms with van der Waals surface area (Å²) in [6.45, 7) is 3.16. The van der Waals surface area contributed by atoms with Gasteiger partial charge in [-0.3, -0.25) is 4.79 Å². The van der Waals surface area contributed by atoms with E-state index in [4.69, 9.17) is 4.74 Å². The standard InChI is InChI=1S/C17H21F3N2O2/c1-11-3-2-4-12(13(11)17(18,19)20)9-21-14-15(23)22-10-16(14)5-7-24-8-6-16/h2-4,14,21H,5-10H2,1H3,(H,22,23). The second-order valence-electron chi connectivity index (χ2n) is 6.61. The maximum Gasteiger partial charge on any atom is 0.416 e. The van der Waals surface area contributed by atoms with Gasteiger partial charge < -0.3 is 15.4 Å². The Labute approximate surface area is 138 Å². The number of hydrogen-bond acceptors (Lipinski definition) is 3. The lowest BCUT2D eigenvalue weighted by Gasteiger charge is -2.37. The molecule has 0 saturated carbocycles. The van der Waals surface area contributed by atoms with Crippen LogP contribution in [-0.4, -0.2) is 31.7 Å². The van der Waals surface area contributed by atoms with Crippen molar-refractivity contribution in [1.82, 2.24) is 10.6 Å². The van der Waals surface area contributed by atoms with Gasteiger partial charge in [0.05, 0.1) is 11.6 Å². The van der Waals surface area contributed by atoms with Crippen LogP contribution in [0.1, 0.15) is 29.5 Å². The van der Waals surface area contributed by atoms with Gasteiger partial charge in [-0.15, -0.1) is 0 Å². The minimum Gasteiger partial charge on any atom is -0.381 e. The molecule has 4 nitrogen and oxygen atoms in total. The Hall–Kier alpha value is -1.60. The van der Waals surface area contributed by atoms with Crippen LogP contribution in [0.5, 0.6) is 0 Å². The summed E-state index contributed by atoms with van der Waals surface area (Å²) in [7, 11) is 0. The highest BCUT2D eigenvalue weighted by atomic mass is 19.4. The van der Waals surface area contributed by atoms with Crippen LogP contribution in [0, 0.1) is 12.3 Å². The Morgan fingerprint density at radius 3 is 2.71 bits per heavy atom. The first-order chi connectivity index (χ1) is 11.3. The Balaban J connectivity index is 1.80. The highest BCUT2D eigenvalue weighted by molar-refractivity contribution is 5.85. The normalized spacial score (nSPS) is 23.5. The van der Waals surface area contributed by atoms with Crippen LogP contribution in [0.15, 0.2) is 18.2 Å². The number of ether oxygens (including phenoxy) is 1. The number of nitrogens with one attached hydrogen (secondary N) is 2. The van der Waals surface area contributed by atoms with E-state index in [1.165, 1.54) is 19.1 Å². The Morgan fingerprint density at radius 1 is 1.33 bits per heavy atom. The number of hydrogen-bond donors (Lipinski definition) is 2. The van der Waals surface area contributed by atoms with E-state index in [1.54, 1.807) is 6.07 Å². The second-order valence-corrected chi connectivity index (χ2v) is 6.61. The summed E-state index contributed by atoms with van der Waals surface area (Å²) in [4.78, 5) is 12.2. The number of rotatable bonds is 3. The van der Waals surface area contributed by atoms with Crippen molar-refractivity contribution in [2.75, 3.05) is 19.8 Å². The summed E-state index contributed by atoms with van der Waals surface area (Å²) in [6, 6.07) is 4.05. The van der Waals surface area contributed by atoms with E-state index in [2.05, 4.69) is 10.6 Å². The van der Waals surface area contributed by atoms with Crippen LogP contribution in [0.25, 0.3) is 0 Å². The molecule has 1 aromatic rings. The predicted molar refractivity (Wildman–Crippen MR) is 82.3 cm³/mol. The van der Waals surface area contributed by atoms with E-state index in [1.807, 2.05) is 0 Å². The molecule has 1 atom stereocenters. The van der Waals surface area contributed by atoms with Crippen molar-refractivity contribution in [3.05, 3.63) is 34.9 Å². The predicted octanol–water partition coefficient (Wildman–Crippen LogP) is 2.40. The van der Waals surface area contributed by atoms with Gasteiger partial charge in [0.2, 0.25) is 5.91 Å². The zero-order valence-electron chi connectivity index (χ0n) is 13.5. The molecule has 0 aromatic heterocycles. The number of carbonyl (C=O) groups is 1. The molecule has 0 aliphatic carbocycles. The van der Waals surface area contributed by atoms with Crippen molar-refractivity contribution in [1.29, 1.82) is 0 Å². The second kappa shape index (κ2) is 6.37. The minimum atomic E-state index is -4.41. The fourth-order valence-corrected chi connectivity index (χ4v) is 3.79. The molecule has 1 aromatic carbocycles. The van der Waals surface area contributed by atoms with Gasteiger partial charge >= 0.3 is 6.18 Å². The summed E-state index contributed by atoms with van der Waals surface area (Å²) in [5.41, 5.74) is -0.517. The molecule has 2 aliphatic heterocycles. The molecular formula is C17H21F3N2O2. The summed E-state index contributed by atoms with van der Waals surface area (Å²) < 4.78 is 45.3. The molecule has 1 amide bonds. The first kappa shape index (κ1) is 17.2. The summed E-state index contributed by atoms with van der Waals surface area (Å²) in [6.07, 6.45) is -2.95. The molecule has 132 valence electrons. The lowest BCUT2D eigenvalue weighted by atomic mass is 9.76. The lowest BCUT2D eigenvalue weighted by molar-refractivity contribution is -0.138. The molecular weight excluding hydrogens is 321 g/mol. The van der Waals surface area contributed by atoms with Gasteiger partial charge in [0, 0.05) is 31.7 Å². The van der Waals surface area contributed by atoms with Crippen molar-refractivity contribution in [3.63, 3.8) is 0 Å². The zero-order valence-corrected chi connectivity index (χ0v) is 13.5. The molecule has 2 N–H and O–H groups in total. The summed E-state index contributed by atoms with van der Waals surface area (Å²) >= 11 is 0. The van der Waals surface area contributed by atoms with Gasteiger partial charge in [-0.05, 0) is 30.9 Å². The Bertz CT molecular complexity index is 625. The van der Waals surface area contributed by atoms with E-state index in [9.17, 15) is 18.0 Å². The van der Waals surface area contributed by atoms with Gasteiger partial charge in [0.25, 0.3) is 0 Å². The number of halogens is 3. The average molecular weight is 342 g/mol. The monoisotopic (exact) mass is 342 g/mol. The third kappa shape index (κ3) is 3.15. The number of amides is 1. The average Bonchev–Trinajstić information content (AvgIpc) is 2.81. The van der Waals surface area contributed by atoms with Crippen LogP contribution in [0.3, 0.4) is 0 Å². The molecule has 2 aliphatic rings. The van der Waals surface area contributed by atoms with Crippen molar-refractivity contribution < 1.29 is 22.7 Å². The Morgan fingerprint density at radius 2 is 2.04 bits per heavy atom. The maximum absolute atomic E-state index is 13.3. The molecule has 2 heterocycles. The molecule has 1 unspecified atom stereocenters. The molecule has 2 fully saturated rings. The molecule has 0 bridgehead atoms.